The molecular formula is C26H24F3N3O7S. The van der Waals surface area contributed by atoms with Crippen molar-refractivity contribution in [2.45, 2.75) is 29.4 Å². The predicted octanol–water partition coefficient (Wildman–Crippen LogP) is 3.99. The van der Waals surface area contributed by atoms with Crippen molar-refractivity contribution in [3.63, 3.8) is 0 Å². The highest BCUT2D eigenvalue weighted by Crippen LogP contribution is 2.48. The van der Waals surface area contributed by atoms with Crippen LogP contribution < -0.4 is 19.1 Å². The van der Waals surface area contributed by atoms with Crippen molar-refractivity contribution in [3.8, 4) is 17.2 Å². The number of benzene rings is 3. The summed E-state index contributed by atoms with van der Waals surface area (Å²) in [4.78, 5) is 15.3. The monoisotopic (exact) mass is 579 g/mol. The van der Waals surface area contributed by atoms with Gasteiger partial charge in [-0.05, 0) is 48.5 Å². The predicted molar refractivity (Wildman–Crippen MR) is 136 cm³/mol. The van der Waals surface area contributed by atoms with E-state index in [2.05, 4.69) is 9.46 Å². The molecule has 3 atom stereocenters. The molecule has 0 bridgehead atoms. The molecule has 3 aromatic carbocycles. The number of fused-ring (bicyclic) bond motifs is 2. The molecule has 10 nitrogen and oxygen atoms in total. The molecule has 212 valence electrons. The molecule has 40 heavy (non-hydrogen) atoms. The Hall–Kier alpha value is -4.01. The van der Waals surface area contributed by atoms with Gasteiger partial charge in [0.05, 0.1) is 41.6 Å². The number of sulfonamides is 1. The number of nitrogens with zero attached hydrogens (tertiary/aromatic N) is 2. The van der Waals surface area contributed by atoms with Gasteiger partial charge in [-0.3, -0.25) is 0 Å². The fourth-order valence-corrected chi connectivity index (χ4v) is 6.06. The van der Waals surface area contributed by atoms with Crippen LogP contribution in [0.15, 0.2) is 77.7 Å². The molecule has 0 saturated carbocycles. The maximum atomic E-state index is 13.2. The van der Waals surface area contributed by atoms with Crippen LogP contribution in [0.2, 0.25) is 0 Å². The van der Waals surface area contributed by atoms with Crippen molar-refractivity contribution in [1.29, 1.82) is 0 Å². The Kier molecular flexibility index (Phi) is 7.25. The normalized spacial score (nSPS) is 20.7. The van der Waals surface area contributed by atoms with Gasteiger partial charge in [0.2, 0.25) is 10.0 Å². The number of nitrogens with one attached hydrogen (secondary N) is 1. The first-order chi connectivity index (χ1) is 19.0. The van der Waals surface area contributed by atoms with Crippen LogP contribution in [0.5, 0.6) is 17.2 Å². The Morgan fingerprint density at radius 2 is 1.55 bits per heavy atom. The second-order valence-corrected chi connectivity index (χ2v) is 10.8. The summed E-state index contributed by atoms with van der Waals surface area (Å²) in [6.45, 7) is -0.245. The van der Waals surface area contributed by atoms with Crippen molar-refractivity contribution >= 4 is 27.5 Å². The van der Waals surface area contributed by atoms with Gasteiger partial charge in [-0.25, -0.2) is 17.9 Å². The zero-order valence-electron chi connectivity index (χ0n) is 20.9. The highest BCUT2D eigenvalue weighted by Gasteiger charge is 2.45. The van der Waals surface area contributed by atoms with Crippen LogP contribution in [0.3, 0.4) is 0 Å². The lowest BCUT2D eigenvalue weighted by molar-refractivity contribution is -0.274. The van der Waals surface area contributed by atoms with Gasteiger partial charge in [-0.15, -0.1) is 13.2 Å². The van der Waals surface area contributed by atoms with Crippen LogP contribution in [0.25, 0.3) is 0 Å². The lowest BCUT2D eigenvalue weighted by atomic mass is 9.94. The van der Waals surface area contributed by atoms with Crippen molar-refractivity contribution in [2.75, 3.05) is 25.1 Å². The molecule has 0 spiro atoms. The molecule has 2 aliphatic rings. The van der Waals surface area contributed by atoms with Crippen LogP contribution in [0.1, 0.15) is 0 Å². The van der Waals surface area contributed by atoms with E-state index in [0.717, 1.165) is 24.3 Å². The second-order valence-electron chi connectivity index (χ2n) is 9.09. The summed E-state index contributed by atoms with van der Waals surface area (Å²) in [6.07, 6.45) is -7.01. The highest BCUT2D eigenvalue weighted by molar-refractivity contribution is 7.89. The quantitative estimate of drug-likeness (QED) is 0.466. The standard InChI is InChI=1S/C26H24F3N3O7S/c1-37-25(34)31-14-18(30-40(35,36)17-12-10-16(11-13-17)39-26(27,28)29)24(33)21(15-31)32-19-6-2-4-8-22(19)38-23-9-5-3-7-20(23)32/h2-13,18,21,24,30,33H,14-15H2,1H3/t18-,21+,24+/m1/s1. The lowest BCUT2D eigenvalue weighted by Crippen LogP contribution is -2.66. The number of para-hydroxylation sites is 4. The average molecular weight is 580 g/mol. The van der Waals surface area contributed by atoms with E-state index >= 15 is 0 Å². The summed E-state index contributed by atoms with van der Waals surface area (Å²) >= 11 is 0. The zero-order valence-corrected chi connectivity index (χ0v) is 21.7. The number of rotatable bonds is 5. The number of aliphatic hydroxyl groups excluding tert-OH is 1. The van der Waals surface area contributed by atoms with Gasteiger partial charge in [0, 0.05) is 13.1 Å². The molecule has 0 aromatic heterocycles. The number of ether oxygens (including phenoxy) is 3. The minimum absolute atomic E-state index is 0.0157. The van der Waals surface area contributed by atoms with Gasteiger partial charge < -0.3 is 29.1 Å². The molecule has 2 aliphatic heterocycles. The van der Waals surface area contributed by atoms with E-state index in [1.54, 1.807) is 53.4 Å². The molecule has 0 unspecified atom stereocenters. The first-order valence-corrected chi connectivity index (χ1v) is 13.5. The van der Waals surface area contributed by atoms with E-state index in [-0.39, 0.29) is 18.0 Å². The maximum absolute atomic E-state index is 13.2. The van der Waals surface area contributed by atoms with Crippen molar-refractivity contribution in [3.05, 3.63) is 72.8 Å². The van der Waals surface area contributed by atoms with Gasteiger partial charge in [0.1, 0.15) is 5.75 Å². The molecule has 0 aliphatic carbocycles. The first-order valence-electron chi connectivity index (χ1n) is 12.0. The smallest absolute Gasteiger partial charge is 0.453 e. The first kappa shape index (κ1) is 27.6. The van der Waals surface area contributed by atoms with E-state index < -0.39 is 46.4 Å². The Bertz CT molecular complexity index is 1460. The molecule has 14 heteroatoms. The zero-order chi connectivity index (χ0) is 28.7. The number of aliphatic hydroxyl groups is 1. The van der Waals surface area contributed by atoms with Gasteiger partial charge >= 0.3 is 12.5 Å². The third-order valence-electron chi connectivity index (χ3n) is 6.54. The molecule has 1 fully saturated rings. The third-order valence-corrected chi connectivity index (χ3v) is 8.04. The summed E-state index contributed by atoms with van der Waals surface area (Å²) in [7, 11) is -3.17. The molecule has 3 aromatic rings. The average Bonchev–Trinajstić information content (AvgIpc) is 2.92. The van der Waals surface area contributed by atoms with Crippen molar-refractivity contribution < 1.29 is 45.7 Å². The minimum atomic E-state index is -4.94. The summed E-state index contributed by atoms with van der Waals surface area (Å²) < 4.78 is 81.0. The minimum Gasteiger partial charge on any atom is -0.453 e. The molecule has 5 rings (SSSR count). The number of alkyl halides is 3. The van der Waals surface area contributed by atoms with Crippen LogP contribution in [-0.2, 0) is 14.8 Å². The van der Waals surface area contributed by atoms with E-state index in [9.17, 15) is 31.5 Å². The Morgan fingerprint density at radius 1 is 0.975 bits per heavy atom. The Labute approximate surface area is 227 Å². The number of hydrogen-bond donors (Lipinski definition) is 2. The Balaban J connectivity index is 1.48. The molecule has 0 radical (unpaired) electrons. The summed E-state index contributed by atoms with van der Waals surface area (Å²) in [5.41, 5.74) is 1.19. The van der Waals surface area contributed by atoms with Gasteiger partial charge in [-0.2, -0.15) is 0 Å². The lowest BCUT2D eigenvalue weighted by Gasteiger charge is -2.47. The van der Waals surface area contributed by atoms with Gasteiger partial charge in [0.15, 0.2) is 11.5 Å². The number of carbonyl (C=O) groups is 1. The number of hydrogen-bond acceptors (Lipinski definition) is 8. The second kappa shape index (κ2) is 10.5. The number of amides is 1. The summed E-state index contributed by atoms with van der Waals surface area (Å²) in [6, 6.07) is 15.7. The number of halogens is 3. The van der Waals surface area contributed by atoms with Crippen LogP contribution in [0.4, 0.5) is 29.3 Å². The topological polar surface area (TPSA) is 118 Å². The van der Waals surface area contributed by atoms with E-state index in [0.29, 0.717) is 22.9 Å². The number of piperidine rings is 1. The highest BCUT2D eigenvalue weighted by atomic mass is 32.2. The molecule has 2 heterocycles. The van der Waals surface area contributed by atoms with Crippen LogP contribution in [0, 0.1) is 0 Å². The number of carbonyl (C=O) groups excluding carboxylic acids is 1. The largest absolute Gasteiger partial charge is 0.573 e. The molecule has 2 N–H and O–H groups in total. The molecule has 1 saturated heterocycles. The molecule has 1 amide bonds. The fourth-order valence-electron chi connectivity index (χ4n) is 4.82. The van der Waals surface area contributed by atoms with Gasteiger partial charge in [-0.1, -0.05) is 24.3 Å². The number of methoxy groups -OCH3 is 1. The maximum Gasteiger partial charge on any atom is 0.573 e. The van der Waals surface area contributed by atoms with E-state index in [4.69, 9.17) is 9.47 Å². The fraction of sp³-hybridized carbons (Fsp3) is 0.269. The van der Waals surface area contributed by atoms with Crippen LogP contribution in [-0.4, -0.2) is 69.3 Å². The van der Waals surface area contributed by atoms with Crippen LogP contribution >= 0.6 is 0 Å². The third kappa shape index (κ3) is 5.50. The molecular weight excluding hydrogens is 555 g/mol. The van der Waals surface area contributed by atoms with Gasteiger partial charge in [0.25, 0.3) is 0 Å². The Morgan fingerprint density at radius 3 is 2.10 bits per heavy atom. The number of anilines is 2. The SMILES string of the molecule is COC(=O)N1C[C@@H](NS(=O)(=O)c2ccc(OC(F)(F)F)cc2)[C@H](O)[C@@H](N2c3ccccc3Oc3ccccc32)C1. The van der Waals surface area contributed by atoms with E-state index in [1.165, 1.54) is 12.0 Å². The summed E-state index contributed by atoms with van der Waals surface area (Å²) in [5, 5.41) is 11.6. The van der Waals surface area contributed by atoms with Crippen molar-refractivity contribution in [1.82, 2.24) is 9.62 Å². The van der Waals surface area contributed by atoms with Crippen molar-refractivity contribution in [2.24, 2.45) is 0 Å². The summed E-state index contributed by atoms with van der Waals surface area (Å²) in [5.74, 6) is 0.412. The van der Waals surface area contributed by atoms with E-state index in [1.807, 2.05) is 0 Å². The number of likely N-dealkylation sites (tertiary alicyclic amines) is 1.